The first-order valence-corrected chi connectivity index (χ1v) is 6.08. The van der Waals surface area contributed by atoms with Crippen LogP contribution in [0.4, 0.5) is 0 Å². The van der Waals surface area contributed by atoms with Crippen LogP contribution < -0.4 is 0 Å². The van der Waals surface area contributed by atoms with Crippen molar-refractivity contribution in [3.63, 3.8) is 0 Å². The summed E-state index contributed by atoms with van der Waals surface area (Å²) in [6, 6.07) is 0. The maximum absolute atomic E-state index is 4.35. The van der Waals surface area contributed by atoms with E-state index >= 15 is 0 Å². The third-order valence-corrected chi connectivity index (χ3v) is 2.95. The molecule has 0 aromatic rings. The summed E-state index contributed by atoms with van der Waals surface area (Å²) >= 11 is 0. The molecule has 0 atom stereocenters. The molecule has 88 valence electrons. The van der Waals surface area contributed by atoms with E-state index in [2.05, 4.69) is 37.9 Å². The van der Waals surface area contributed by atoms with Gasteiger partial charge in [0.15, 0.2) is 0 Å². The summed E-state index contributed by atoms with van der Waals surface area (Å²) in [7, 11) is 0. The van der Waals surface area contributed by atoms with E-state index in [1.165, 1.54) is 17.6 Å². The average molecular weight is 217 g/mol. The summed E-state index contributed by atoms with van der Waals surface area (Å²) in [5, 5.41) is 0. The lowest BCUT2D eigenvalue weighted by Crippen LogP contribution is -2.00. The molecular weight excluding hydrogens is 194 g/mol. The highest BCUT2D eigenvalue weighted by Crippen LogP contribution is 2.27. The molecule has 1 heteroatoms. The summed E-state index contributed by atoms with van der Waals surface area (Å²) in [6.45, 7) is 10.7. The van der Waals surface area contributed by atoms with Gasteiger partial charge >= 0.3 is 0 Å². The molecule has 1 aliphatic carbocycles. The molecule has 0 unspecified atom stereocenters. The maximum Gasteiger partial charge on any atom is 0.0298 e. The first-order valence-electron chi connectivity index (χ1n) is 6.08. The summed E-state index contributed by atoms with van der Waals surface area (Å²) < 4.78 is 0. The number of aliphatic imine (C=N–C) groups is 1. The number of nitrogens with zero attached hydrogens (tertiary/aromatic N) is 1. The maximum atomic E-state index is 4.35. The predicted octanol–water partition coefficient (Wildman–Crippen LogP) is 4.67. The van der Waals surface area contributed by atoms with Gasteiger partial charge in [-0.05, 0) is 50.7 Å². The van der Waals surface area contributed by atoms with Crippen molar-refractivity contribution in [2.24, 2.45) is 10.9 Å². The van der Waals surface area contributed by atoms with Crippen molar-refractivity contribution in [1.82, 2.24) is 0 Å². The fraction of sp³-hybridized carbons (Fsp3) is 0.533. The first kappa shape index (κ1) is 13.0. The van der Waals surface area contributed by atoms with Crippen molar-refractivity contribution >= 4 is 5.71 Å². The van der Waals surface area contributed by atoms with Gasteiger partial charge in [0.1, 0.15) is 0 Å². The fourth-order valence-corrected chi connectivity index (χ4v) is 1.77. The van der Waals surface area contributed by atoms with Crippen LogP contribution in [0.3, 0.4) is 0 Å². The van der Waals surface area contributed by atoms with Crippen LogP contribution >= 0.6 is 0 Å². The van der Waals surface area contributed by atoms with E-state index in [9.17, 15) is 0 Å². The molecule has 0 heterocycles. The molecule has 0 saturated carbocycles. The lowest BCUT2D eigenvalue weighted by atomic mass is 9.89. The van der Waals surface area contributed by atoms with E-state index < -0.39 is 0 Å². The van der Waals surface area contributed by atoms with Crippen molar-refractivity contribution in [2.45, 2.75) is 47.5 Å². The lowest BCUT2D eigenvalue weighted by molar-refractivity contribution is 0.701. The van der Waals surface area contributed by atoms with Crippen molar-refractivity contribution in [1.29, 1.82) is 0 Å². The van der Waals surface area contributed by atoms with Gasteiger partial charge in [-0.3, -0.25) is 4.99 Å². The van der Waals surface area contributed by atoms with E-state index in [0.29, 0.717) is 5.92 Å². The first-order chi connectivity index (χ1) is 7.50. The summed E-state index contributed by atoms with van der Waals surface area (Å²) in [5.74, 6) is 0.679. The van der Waals surface area contributed by atoms with Crippen LogP contribution in [0.2, 0.25) is 0 Å². The number of rotatable bonds is 3. The zero-order chi connectivity index (χ0) is 12.1. The molecule has 0 fully saturated rings. The predicted molar refractivity (Wildman–Crippen MR) is 72.8 cm³/mol. The molecule has 16 heavy (non-hydrogen) atoms. The van der Waals surface area contributed by atoms with Crippen LogP contribution in [-0.2, 0) is 0 Å². The van der Waals surface area contributed by atoms with Crippen molar-refractivity contribution < 1.29 is 0 Å². The number of hydrogen-bond acceptors (Lipinski definition) is 1. The molecule has 0 saturated heterocycles. The Morgan fingerprint density at radius 1 is 1.19 bits per heavy atom. The molecule has 0 amide bonds. The number of hydrogen-bond donors (Lipinski definition) is 0. The minimum absolute atomic E-state index is 0.679. The smallest absolute Gasteiger partial charge is 0.0298 e. The Hall–Kier alpha value is -1.11. The zero-order valence-electron chi connectivity index (χ0n) is 11.2. The Balaban J connectivity index is 2.78. The van der Waals surface area contributed by atoms with E-state index in [1.807, 2.05) is 20.0 Å². The van der Waals surface area contributed by atoms with Crippen LogP contribution in [0, 0.1) is 5.92 Å². The summed E-state index contributed by atoms with van der Waals surface area (Å²) in [4.78, 5) is 4.35. The molecule has 0 aromatic heterocycles. The monoisotopic (exact) mass is 217 g/mol. The molecule has 0 aromatic carbocycles. The van der Waals surface area contributed by atoms with E-state index in [1.54, 1.807) is 5.57 Å². The summed E-state index contributed by atoms with van der Waals surface area (Å²) in [6.07, 6.45) is 8.87. The van der Waals surface area contributed by atoms with Crippen molar-refractivity contribution in [3.8, 4) is 0 Å². The molecule has 0 N–H and O–H groups in total. The minimum Gasteiger partial charge on any atom is -0.266 e. The van der Waals surface area contributed by atoms with Gasteiger partial charge in [-0.15, -0.1) is 0 Å². The van der Waals surface area contributed by atoms with E-state index in [0.717, 1.165) is 12.1 Å². The fourth-order valence-electron chi connectivity index (χ4n) is 1.77. The molecular formula is C15H23N. The Bertz CT molecular complexity index is 361. The van der Waals surface area contributed by atoms with Gasteiger partial charge in [0, 0.05) is 11.9 Å². The average Bonchev–Trinajstić information content (AvgIpc) is 2.26. The lowest BCUT2D eigenvalue weighted by Gasteiger charge is -2.17. The Morgan fingerprint density at radius 3 is 2.31 bits per heavy atom. The zero-order valence-corrected chi connectivity index (χ0v) is 11.2. The Kier molecular flexibility index (Phi) is 4.72. The third-order valence-electron chi connectivity index (χ3n) is 2.95. The van der Waals surface area contributed by atoms with Gasteiger partial charge in [-0.2, -0.15) is 0 Å². The molecule has 0 spiro atoms. The molecule has 0 radical (unpaired) electrons. The minimum atomic E-state index is 0.679. The van der Waals surface area contributed by atoms with Crippen molar-refractivity contribution in [3.05, 3.63) is 35.1 Å². The van der Waals surface area contributed by atoms with Gasteiger partial charge in [0.05, 0.1) is 0 Å². The van der Waals surface area contributed by atoms with Crippen LogP contribution in [0.1, 0.15) is 47.5 Å². The topological polar surface area (TPSA) is 12.4 Å². The van der Waals surface area contributed by atoms with Crippen molar-refractivity contribution in [2.75, 3.05) is 0 Å². The van der Waals surface area contributed by atoms with Gasteiger partial charge in [-0.1, -0.05) is 31.6 Å². The SMILES string of the molecule is CC(C)=N/C=C(\C)C1=CC=C(C(C)C)CC1. The van der Waals surface area contributed by atoms with E-state index in [4.69, 9.17) is 0 Å². The highest BCUT2D eigenvalue weighted by Gasteiger charge is 2.09. The highest BCUT2D eigenvalue weighted by atomic mass is 14.7. The van der Waals surface area contributed by atoms with Gasteiger partial charge < -0.3 is 0 Å². The molecule has 0 aliphatic heterocycles. The Labute approximate surface area is 99.7 Å². The van der Waals surface area contributed by atoms with Crippen LogP contribution in [0.25, 0.3) is 0 Å². The van der Waals surface area contributed by atoms with Gasteiger partial charge in [0.2, 0.25) is 0 Å². The standard InChI is InChI=1S/C15H23N/c1-11(2)14-6-8-15(9-7-14)13(5)10-16-12(3)4/h6,8,10-11H,7,9H2,1-5H3/b13-10+. The third kappa shape index (κ3) is 3.80. The molecule has 0 bridgehead atoms. The second-order valence-corrected chi connectivity index (χ2v) is 4.98. The second-order valence-electron chi connectivity index (χ2n) is 4.98. The largest absolute Gasteiger partial charge is 0.266 e. The normalized spacial score (nSPS) is 17.0. The number of allylic oxidation sites excluding steroid dienone is 5. The summed E-state index contributed by atoms with van der Waals surface area (Å²) in [5.41, 5.74) is 5.38. The van der Waals surface area contributed by atoms with Gasteiger partial charge in [-0.25, -0.2) is 0 Å². The molecule has 1 aliphatic rings. The molecule has 1 nitrogen and oxygen atoms in total. The Morgan fingerprint density at radius 2 is 1.88 bits per heavy atom. The van der Waals surface area contributed by atoms with E-state index in [-0.39, 0.29) is 0 Å². The quantitative estimate of drug-likeness (QED) is 0.609. The van der Waals surface area contributed by atoms with Gasteiger partial charge in [0.25, 0.3) is 0 Å². The van der Waals surface area contributed by atoms with Crippen LogP contribution in [0.15, 0.2) is 40.1 Å². The highest BCUT2D eigenvalue weighted by molar-refractivity contribution is 5.79. The van der Waals surface area contributed by atoms with Crippen LogP contribution in [-0.4, -0.2) is 5.71 Å². The second kappa shape index (κ2) is 5.83. The van der Waals surface area contributed by atoms with Crippen LogP contribution in [0.5, 0.6) is 0 Å². The molecule has 1 rings (SSSR count).